The number of nitrogens with one attached hydrogen (secondary N) is 1. The largest absolute Gasteiger partial charge is 0.486 e. The first-order valence-corrected chi connectivity index (χ1v) is 9.63. The summed E-state index contributed by atoms with van der Waals surface area (Å²) in [4.78, 5) is 9.52. The maximum Gasteiger partial charge on any atom is 0.146 e. The number of likely N-dealkylation sites (tertiary alicyclic amines) is 1. The normalized spacial score (nSPS) is 22.0. The number of piperazine rings is 1. The molecule has 1 aromatic carbocycles. The van der Waals surface area contributed by atoms with Crippen LogP contribution in [-0.4, -0.2) is 64.7 Å². The molecule has 2 fully saturated rings. The van der Waals surface area contributed by atoms with Crippen LogP contribution in [0.25, 0.3) is 0 Å². The maximum absolute atomic E-state index is 5.84. The highest BCUT2D eigenvalue weighted by Crippen LogP contribution is 2.20. The Balaban J connectivity index is 1.26. The molecule has 1 N–H and O–H groups in total. The maximum atomic E-state index is 5.84. The van der Waals surface area contributed by atoms with E-state index in [1.54, 1.807) is 6.20 Å². The Kier molecular flexibility index (Phi) is 5.53. The van der Waals surface area contributed by atoms with Crippen LogP contribution in [-0.2, 0) is 20.2 Å². The van der Waals surface area contributed by atoms with Gasteiger partial charge in [0.15, 0.2) is 0 Å². The Morgan fingerprint density at radius 3 is 2.69 bits per heavy atom. The van der Waals surface area contributed by atoms with E-state index in [0.29, 0.717) is 6.61 Å². The minimum absolute atomic E-state index is 0.501. The van der Waals surface area contributed by atoms with Crippen molar-refractivity contribution >= 4 is 0 Å². The van der Waals surface area contributed by atoms with Crippen LogP contribution in [0.5, 0.6) is 5.75 Å². The van der Waals surface area contributed by atoms with Crippen molar-refractivity contribution in [2.45, 2.75) is 25.6 Å². The summed E-state index contributed by atoms with van der Waals surface area (Å²) in [6.07, 6.45) is 5.03. The monoisotopic (exact) mass is 355 g/mol. The van der Waals surface area contributed by atoms with Gasteiger partial charge < -0.3 is 14.6 Å². The molecule has 26 heavy (non-hydrogen) atoms. The molecule has 0 amide bonds. The molecule has 1 atom stereocenters. The van der Waals surface area contributed by atoms with Crippen LogP contribution in [0.1, 0.15) is 17.8 Å². The Morgan fingerprint density at radius 2 is 1.96 bits per heavy atom. The fourth-order valence-electron chi connectivity index (χ4n) is 3.93. The summed E-state index contributed by atoms with van der Waals surface area (Å²) >= 11 is 0. The summed E-state index contributed by atoms with van der Waals surface area (Å²) in [7, 11) is 1.98. The van der Waals surface area contributed by atoms with Crippen LogP contribution in [0, 0.1) is 0 Å². The average Bonchev–Trinajstić information content (AvgIpc) is 3.31. The lowest BCUT2D eigenvalue weighted by Crippen LogP contribution is -2.49. The van der Waals surface area contributed by atoms with E-state index in [4.69, 9.17) is 4.74 Å². The van der Waals surface area contributed by atoms with Gasteiger partial charge >= 0.3 is 0 Å². The van der Waals surface area contributed by atoms with Gasteiger partial charge in [0.05, 0.1) is 0 Å². The Labute approximate surface area is 155 Å². The highest BCUT2D eigenvalue weighted by molar-refractivity contribution is 5.27. The van der Waals surface area contributed by atoms with E-state index in [-0.39, 0.29) is 0 Å². The van der Waals surface area contributed by atoms with Gasteiger partial charge in [-0.05, 0) is 24.1 Å². The number of rotatable bonds is 6. The lowest BCUT2D eigenvalue weighted by molar-refractivity contribution is 0.170. The summed E-state index contributed by atoms with van der Waals surface area (Å²) in [5.41, 5.74) is 1.36. The number of benzene rings is 1. The summed E-state index contributed by atoms with van der Waals surface area (Å²) in [5, 5.41) is 3.44. The van der Waals surface area contributed by atoms with Crippen LogP contribution in [0.4, 0.5) is 0 Å². The third kappa shape index (κ3) is 4.26. The van der Waals surface area contributed by atoms with Crippen LogP contribution in [0.15, 0.2) is 36.7 Å². The molecule has 0 bridgehead atoms. The van der Waals surface area contributed by atoms with Crippen molar-refractivity contribution in [2.24, 2.45) is 7.05 Å². The third-order valence-corrected chi connectivity index (χ3v) is 5.53. The first kappa shape index (κ1) is 17.5. The summed E-state index contributed by atoms with van der Waals surface area (Å²) in [6.45, 7) is 8.58. The van der Waals surface area contributed by atoms with Crippen molar-refractivity contribution in [1.29, 1.82) is 0 Å². The van der Waals surface area contributed by atoms with Gasteiger partial charge in [0, 0.05) is 71.3 Å². The SMILES string of the molecule is Cn1ccnc1COc1ccc(CN2CCC(N3CCNCC3)C2)cc1. The van der Waals surface area contributed by atoms with E-state index in [9.17, 15) is 0 Å². The second-order valence-electron chi connectivity index (χ2n) is 7.35. The van der Waals surface area contributed by atoms with Crippen molar-refractivity contribution in [3.8, 4) is 5.75 Å². The van der Waals surface area contributed by atoms with Gasteiger partial charge in [0.2, 0.25) is 0 Å². The lowest BCUT2D eigenvalue weighted by Gasteiger charge is -2.32. The summed E-state index contributed by atoms with van der Waals surface area (Å²) in [5.74, 6) is 1.84. The molecular weight excluding hydrogens is 326 g/mol. The number of aromatic nitrogens is 2. The molecule has 2 aliphatic heterocycles. The molecule has 140 valence electrons. The minimum Gasteiger partial charge on any atom is -0.486 e. The third-order valence-electron chi connectivity index (χ3n) is 5.53. The van der Waals surface area contributed by atoms with Gasteiger partial charge in [0.25, 0.3) is 0 Å². The number of hydrogen-bond acceptors (Lipinski definition) is 5. The number of imidazole rings is 1. The Morgan fingerprint density at radius 1 is 1.15 bits per heavy atom. The first-order valence-electron chi connectivity index (χ1n) is 9.63. The minimum atomic E-state index is 0.501. The second-order valence-corrected chi connectivity index (χ2v) is 7.35. The van der Waals surface area contributed by atoms with E-state index >= 15 is 0 Å². The standard InChI is InChI=1S/C20H29N5O/c1-23-11-9-22-20(23)16-26-19-4-2-17(3-5-19)14-24-10-6-18(15-24)25-12-7-21-8-13-25/h2-5,9,11,18,21H,6-8,10,12-16H2,1H3. The molecule has 0 saturated carbocycles. The number of aryl methyl sites for hydroxylation is 1. The van der Waals surface area contributed by atoms with Crippen molar-refractivity contribution in [3.63, 3.8) is 0 Å². The quantitative estimate of drug-likeness (QED) is 0.850. The molecule has 4 rings (SSSR count). The molecule has 2 aliphatic rings. The zero-order chi connectivity index (χ0) is 17.8. The van der Waals surface area contributed by atoms with Crippen molar-refractivity contribution in [1.82, 2.24) is 24.7 Å². The number of ether oxygens (including phenoxy) is 1. The predicted molar refractivity (Wildman–Crippen MR) is 102 cm³/mol. The van der Waals surface area contributed by atoms with Gasteiger partial charge in [-0.2, -0.15) is 0 Å². The highest BCUT2D eigenvalue weighted by Gasteiger charge is 2.28. The molecule has 6 nitrogen and oxygen atoms in total. The van der Waals surface area contributed by atoms with E-state index in [1.807, 2.05) is 17.8 Å². The molecule has 0 spiro atoms. The van der Waals surface area contributed by atoms with E-state index in [2.05, 4.69) is 44.4 Å². The molecule has 0 radical (unpaired) electrons. The first-order chi connectivity index (χ1) is 12.8. The lowest BCUT2D eigenvalue weighted by atomic mass is 10.2. The fourth-order valence-corrected chi connectivity index (χ4v) is 3.93. The number of hydrogen-bond donors (Lipinski definition) is 1. The topological polar surface area (TPSA) is 45.6 Å². The van der Waals surface area contributed by atoms with E-state index < -0.39 is 0 Å². The highest BCUT2D eigenvalue weighted by atomic mass is 16.5. The van der Waals surface area contributed by atoms with E-state index in [1.165, 1.54) is 38.2 Å². The molecule has 3 heterocycles. The smallest absolute Gasteiger partial charge is 0.146 e. The predicted octanol–water partition coefficient (Wildman–Crippen LogP) is 1.48. The molecule has 1 unspecified atom stereocenters. The van der Waals surface area contributed by atoms with Crippen molar-refractivity contribution in [3.05, 3.63) is 48.0 Å². The number of nitrogens with zero attached hydrogens (tertiary/aromatic N) is 4. The van der Waals surface area contributed by atoms with Gasteiger partial charge in [0.1, 0.15) is 18.2 Å². The van der Waals surface area contributed by atoms with Gasteiger partial charge in [-0.15, -0.1) is 0 Å². The van der Waals surface area contributed by atoms with Gasteiger partial charge in [-0.25, -0.2) is 4.98 Å². The van der Waals surface area contributed by atoms with Crippen LogP contribution >= 0.6 is 0 Å². The molecular formula is C20H29N5O. The molecule has 6 heteroatoms. The fraction of sp³-hybridized carbons (Fsp3) is 0.550. The zero-order valence-electron chi connectivity index (χ0n) is 15.6. The van der Waals surface area contributed by atoms with Crippen LogP contribution < -0.4 is 10.1 Å². The summed E-state index contributed by atoms with van der Waals surface area (Å²) < 4.78 is 7.83. The average molecular weight is 355 g/mol. The zero-order valence-corrected chi connectivity index (χ0v) is 15.6. The Hall–Kier alpha value is -1.89. The molecule has 2 saturated heterocycles. The summed E-state index contributed by atoms with van der Waals surface area (Å²) in [6, 6.07) is 9.25. The van der Waals surface area contributed by atoms with Crippen molar-refractivity contribution in [2.75, 3.05) is 39.3 Å². The molecule has 0 aliphatic carbocycles. The van der Waals surface area contributed by atoms with Crippen molar-refractivity contribution < 1.29 is 4.74 Å². The second kappa shape index (κ2) is 8.20. The van der Waals surface area contributed by atoms with Crippen LogP contribution in [0.2, 0.25) is 0 Å². The van der Waals surface area contributed by atoms with Crippen LogP contribution in [0.3, 0.4) is 0 Å². The van der Waals surface area contributed by atoms with E-state index in [0.717, 1.165) is 37.3 Å². The molecule has 2 aromatic rings. The molecule has 1 aromatic heterocycles. The Bertz CT molecular complexity index is 692. The van der Waals surface area contributed by atoms with Gasteiger partial charge in [-0.1, -0.05) is 12.1 Å². The van der Waals surface area contributed by atoms with Gasteiger partial charge in [-0.3, -0.25) is 9.80 Å².